The van der Waals surface area contributed by atoms with Crippen LogP contribution in [0.3, 0.4) is 0 Å². The predicted octanol–water partition coefficient (Wildman–Crippen LogP) is 2.69. The Labute approximate surface area is 128 Å². The maximum Gasteiger partial charge on any atom is 0.118 e. The molecule has 3 rings (SSSR count). The van der Waals surface area contributed by atoms with Gasteiger partial charge >= 0.3 is 0 Å². The van der Waals surface area contributed by atoms with Crippen LogP contribution in [0.25, 0.3) is 0 Å². The first-order valence-electron chi connectivity index (χ1n) is 8.23. The minimum atomic E-state index is 0.0823. The molecule has 0 aromatic heterocycles. The van der Waals surface area contributed by atoms with Gasteiger partial charge in [-0.15, -0.1) is 0 Å². The Hall–Kier alpha value is -1.06. The molecule has 0 bridgehead atoms. The molecule has 3 heteroatoms. The average molecular weight is 288 g/mol. The number of rotatable bonds is 5. The third-order valence-corrected chi connectivity index (χ3v) is 5.67. The Kier molecular flexibility index (Phi) is 4.23. The second kappa shape index (κ2) is 5.98. The van der Waals surface area contributed by atoms with E-state index in [1.165, 1.54) is 37.9 Å². The van der Waals surface area contributed by atoms with E-state index in [2.05, 4.69) is 24.0 Å². The zero-order valence-corrected chi connectivity index (χ0v) is 13.3. The van der Waals surface area contributed by atoms with E-state index in [4.69, 9.17) is 10.5 Å². The highest BCUT2D eigenvalue weighted by molar-refractivity contribution is 5.28. The molecule has 0 radical (unpaired) electrons. The standard InChI is InChI=1S/C18H28N2O/c1-18(13-19,10-14-6-8-17(21-2)9-7-14)20-11-15-4-3-5-16(15)12-20/h6-9,15-16H,3-5,10-13,19H2,1-2H3. The number of hydrogen-bond acceptors (Lipinski definition) is 3. The molecule has 1 saturated carbocycles. The van der Waals surface area contributed by atoms with Crippen molar-refractivity contribution in [2.75, 3.05) is 26.7 Å². The van der Waals surface area contributed by atoms with E-state index in [0.29, 0.717) is 0 Å². The second-order valence-electron chi connectivity index (χ2n) is 7.08. The highest BCUT2D eigenvalue weighted by Crippen LogP contribution is 2.40. The Bertz CT molecular complexity index is 461. The molecule has 0 amide bonds. The second-order valence-corrected chi connectivity index (χ2v) is 7.08. The van der Waals surface area contributed by atoms with Gasteiger partial charge in [0.1, 0.15) is 5.75 Å². The fraction of sp³-hybridized carbons (Fsp3) is 0.667. The van der Waals surface area contributed by atoms with Crippen LogP contribution in [0, 0.1) is 11.8 Å². The Balaban J connectivity index is 1.70. The molecule has 3 atom stereocenters. The van der Waals surface area contributed by atoms with E-state index in [1.807, 2.05) is 12.1 Å². The maximum absolute atomic E-state index is 6.17. The van der Waals surface area contributed by atoms with E-state index in [1.54, 1.807) is 7.11 Å². The Morgan fingerprint density at radius 3 is 2.33 bits per heavy atom. The van der Waals surface area contributed by atoms with E-state index in [-0.39, 0.29) is 5.54 Å². The predicted molar refractivity (Wildman–Crippen MR) is 86.6 cm³/mol. The fourth-order valence-electron chi connectivity index (χ4n) is 4.17. The summed E-state index contributed by atoms with van der Waals surface area (Å²) in [4.78, 5) is 2.66. The van der Waals surface area contributed by atoms with E-state index in [0.717, 1.165) is 30.6 Å². The molecule has 0 spiro atoms. The number of nitrogens with zero attached hydrogens (tertiary/aromatic N) is 1. The minimum absolute atomic E-state index is 0.0823. The molecular formula is C18H28N2O. The van der Waals surface area contributed by atoms with Crippen molar-refractivity contribution in [3.63, 3.8) is 0 Å². The van der Waals surface area contributed by atoms with Gasteiger partial charge in [0.25, 0.3) is 0 Å². The SMILES string of the molecule is COc1ccc(CC(C)(CN)N2CC3CCCC3C2)cc1. The first-order valence-corrected chi connectivity index (χ1v) is 8.23. The first kappa shape index (κ1) is 14.9. The van der Waals surface area contributed by atoms with Crippen molar-refractivity contribution in [3.05, 3.63) is 29.8 Å². The van der Waals surface area contributed by atoms with Crippen molar-refractivity contribution >= 4 is 0 Å². The van der Waals surface area contributed by atoms with Gasteiger partial charge in [-0.25, -0.2) is 0 Å². The molecule has 1 aliphatic carbocycles. The molecule has 1 heterocycles. The molecule has 2 aliphatic rings. The summed E-state index contributed by atoms with van der Waals surface area (Å²) in [6, 6.07) is 8.43. The summed E-state index contributed by atoms with van der Waals surface area (Å²) in [5.74, 6) is 2.77. The lowest BCUT2D eigenvalue weighted by Crippen LogP contribution is -2.52. The molecule has 1 aliphatic heterocycles. The quantitative estimate of drug-likeness (QED) is 0.905. The third-order valence-electron chi connectivity index (χ3n) is 5.67. The normalized spacial score (nSPS) is 28.3. The summed E-state index contributed by atoms with van der Waals surface area (Å²) in [6.45, 7) is 5.54. The largest absolute Gasteiger partial charge is 0.497 e. The summed E-state index contributed by atoms with van der Waals surface area (Å²) in [7, 11) is 1.71. The van der Waals surface area contributed by atoms with Gasteiger partial charge in [0.2, 0.25) is 0 Å². The number of methoxy groups -OCH3 is 1. The van der Waals surface area contributed by atoms with Gasteiger partial charge in [-0.05, 0) is 55.7 Å². The van der Waals surface area contributed by atoms with Crippen molar-refractivity contribution in [1.82, 2.24) is 4.90 Å². The van der Waals surface area contributed by atoms with E-state index < -0.39 is 0 Å². The zero-order valence-electron chi connectivity index (χ0n) is 13.3. The monoisotopic (exact) mass is 288 g/mol. The number of hydrogen-bond donors (Lipinski definition) is 1. The fourth-order valence-corrected chi connectivity index (χ4v) is 4.17. The lowest BCUT2D eigenvalue weighted by atomic mass is 9.91. The summed E-state index contributed by atoms with van der Waals surface area (Å²) in [6.07, 6.45) is 5.29. The minimum Gasteiger partial charge on any atom is -0.497 e. The number of likely N-dealkylation sites (tertiary alicyclic amines) is 1. The van der Waals surface area contributed by atoms with Gasteiger partial charge in [-0.3, -0.25) is 4.90 Å². The van der Waals surface area contributed by atoms with Crippen molar-refractivity contribution in [2.24, 2.45) is 17.6 Å². The smallest absolute Gasteiger partial charge is 0.118 e. The van der Waals surface area contributed by atoms with Crippen LogP contribution in [0.4, 0.5) is 0 Å². The molecule has 2 fully saturated rings. The van der Waals surface area contributed by atoms with Gasteiger partial charge in [0.15, 0.2) is 0 Å². The van der Waals surface area contributed by atoms with Crippen LogP contribution < -0.4 is 10.5 Å². The van der Waals surface area contributed by atoms with Crippen LogP contribution in [-0.4, -0.2) is 37.2 Å². The topological polar surface area (TPSA) is 38.5 Å². The highest BCUT2D eigenvalue weighted by Gasteiger charge is 2.42. The number of ether oxygens (including phenoxy) is 1. The maximum atomic E-state index is 6.17. The summed E-state index contributed by atoms with van der Waals surface area (Å²) in [5.41, 5.74) is 7.61. The Morgan fingerprint density at radius 1 is 1.19 bits per heavy atom. The summed E-state index contributed by atoms with van der Waals surface area (Å²) in [5, 5.41) is 0. The zero-order chi connectivity index (χ0) is 14.9. The first-order chi connectivity index (χ1) is 10.1. The van der Waals surface area contributed by atoms with Gasteiger partial charge in [0.05, 0.1) is 7.11 Å². The molecule has 1 aromatic carbocycles. The van der Waals surface area contributed by atoms with Gasteiger partial charge in [-0.1, -0.05) is 18.6 Å². The Morgan fingerprint density at radius 2 is 1.81 bits per heavy atom. The number of benzene rings is 1. The average Bonchev–Trinajstić information content (AvgIpc) is 3.09. The van der Waals surface area contributed by atoms with Gasteiger partial charge in [0, 0.05) is 25.2 Å². The van der Waals surface area contributed by atoms with Crippen LogP contribution in [0.5, 0.6) is 5.75 Å². The summed E-state index contributed by atoms with van der Waals surface area (Å²) >= 11 is 0. The highest BCUT2D eigenvalue weighted by atomic mass is 16.5. The molecule has 3 unspecified atom stereocenters. The summed E-state index contributed by atoms with van der Waals surface area (Å²) < 4.78 is 5.24. The number of nitrogens with two attached hydrogens (primary N) is 1. The van der Waals surface area contributed by atoms with Crippen molar-refractivity contribution in [3.8, 4) is 5.75 Å². The van der Waals surface area contributed by atoms with Crippen LogP contribution >= 0.6 is 0 Å². The van der Waals surface area contributed by atoms with Crippen LogP contribution in [0.15, 0.2) is 24.3 Å². The molecule has 2 N–H and O–H groups in total. The van der Waals surface area contributed by atoms with Crippen LogP contribution in [0.2, 0.25) is 0 Å². The van der Waals surface area contributed by atoms with Crippen molar-refractivity contribution < 1.29 is 4.74 Å². The van der Waals surface area contributed by atoms with Crippen molar-refractivity contribution in [1.29, 1.82) is 0 Å². The molecule has 3 nitrogen and oxygen atoms in total. The number of fused-ring (bicyclic) bond motifs is 1. The van der Waals surface area contributed by atoms with E-state index in [9.17, 15) is 0 Å². The molecule has 21 heavy (non-hydrogen) atoms. The molecule has 1 saturated heterocycles. The van der Waals surface area contributed by atoms with Gasteiger partial charge < -0.3 is 10.5 Å². The molecular weight excluding hydrogens is 260 g/mol. The molecule has 1 aromatic rings. The lowest BCUT2D eigenvalue weighted by Gasteiger charge is -2.39. The van der Waals surface area contributed by atoms with Gasteiger partial charge in [-0.2, -0.15) is 0 Å². The van der Waals surface area contributed by atoms with Crippen LogP contribution in [0.1, 0.15) is 31.7 Å². The van der Waals surface area contributed by atoms with Crippen LogP contribution in [-0.2, 0) is 6.42 Å². The lowest BCUT2D eigenvalue weighted by molar-refractivity contribution is 0.131. The van der Waals surface area contributed by atoms with Crippen molar-refractivity contribution in [2.45, 2.75) is 38.1 Å². The third kappa shape index (κ3) is 2.95. The molecule has 116 valence electrons. The van der Waals surface area contributed by atoms with E-state index >= 15 is 0 Å².